The van der Waals surface area contributed by atoms with Crippen molar-refractivity contribution >= 4 is 27.3 Å². The molecule has 0 spiro atoms. The maximum atomic E-state index is 13.4. The van der Waals surface area contributed by atoms with Crippen molar-refractivity contribution < 1.29 is 13.2 Å². The molecule has 1 amide bonds. The second kappa shape index (κ2) is 8.40. The van der Waals surface area contributed by atoms with Crippen LogP contribution >= 0.6 is 11.3 Å². The Kier molecular flexibility index (Phi) is 6.41. The maximum absolute atomic E-state index is 13.4. The van der Waals surface area contributed by atoms with Crippen molar-refractivity contribution in [2.45, 2.75) is 70.7 Å². The molecule has 0 aliphatic carbocycles. The smallest absolute Gasteiger partial charge is 0.263 e. The van der Waals surface area contributed by atoms with Gasteiger partial charge >= 0.3 is 0 Å². The summed E-state index contributed by atoms with van der Waals surface area (Å²) in [5.74, 6) is -0.124. The highest BCUT2D eigenvalue weighted by Crippen LogP contribution is 2.31. The third kappa shape index (κ3) is 4.60. The van der Waals surface area contributed by atoms with Crippen LogP contribution < -0.4 is 5.32 Å². The van der Waals surface area contributed by atoms with Crippen molar-refractivity contribution in [1.82, 2.24) is 14.6 Å². The molecule has 1 saturated heterocycles. The first-order valence-electron chi connectivity index (χ1n) is 10.2. The van der Waals surface area contributed by atoms with Crippen LogP contribution in [0, 0.1) is 20.8 Å². The molecule has 1 fully saturated rings. The predicted molar refractivity (Wildman–Crippen MR) is 121 cm³/mol. The lowest BCUT2D eigenvalue weighted by Gasteiger charge is -2.32. The van der Waals surface area contributed by atoms with Crippen LogP contribution in [0.4, 0.5) is 0 Å². The SMILES string of the molecule is Cc1cc(C(C)(C)C)cc(C)c1S(=O)(=O)N1CCC(NC(=O)c2scnc2C)CC1. The molecule has 2 aromatic rings. The van der Waals surface area contributed by atoms with Gasteiger partial charge in [-0.1, -0.05) is 32.9 Å². The summed E-state index contributed by atoms with van der Waals surface area (Å²) in [7, 11) is -3.57. The molecule has 8 heteroatoms. The van der Waals surface area contributed by atoms with Crippen molar-refractivity contribution in [3.63, 3.8) is 0 Å². The summed E-state index contributed by atoms with van der Waals surface area (Å²) in [4.78, 5) is 17.6. The zero-order valence-corrected chi connectivity index (χ0v) is 20.2. The minimum Gasteiger partial charge on any atom is -0.348 e. The molecule has 1 aromatic carbocycles. The molecule has 3 rings (SSSR count). The molecule has 6 nitrogen and oxygen atoms in total. The van der Waals surface area contributed by atoms with Crippen LogP contribution in [0.2, 0.25) is 0 Å². The molecular weight excluding hydrogens is 418 g/mol. The fraction of sp³-hybridized carbons (Fsp3) is 0.545. The summed E-state index contributed by atoms with van der Waals surface area (Å²) in [5, 5.41) is 3.03. The molecule has 0 atom stereocenters. The van der Waals surface area contributed by atoms with E-state index in [1.807, 2.05) is 32.9 Å². The number of thiazole rings is 1. The Morgan fingerprint density at radius 1 is 1.13 bits per heavy atom. The maximum Gasteiger partial charge on any atom is 0.263 e. The standard InChI is InChI=1S/C22H31N3O3S2/c1-14-11-17(22(4,5)6)12-15(2)20(14)30(27,28)25-9-7-18(8-10-25)24-21(26)19-16(3)23-13-29-19/h11-13,18H,7-10H2,1-6H3,(H,24,26). The number of aryl methyl sites for hydroxylation is 3. The van der Waals surface area contributed by atoms with E-state index in [2.05, 4.69) is 31.1 Å². The van der Waals surface area contributed by atoms with E-state index in [-0.39, 0.29) is 17.4 Å². The van der Waals surface area contributed by atoms with Crippen LogP contribution in [0.3, 0.4) is 0 Å². The number of piperidine rings is 1. The minimum atomic E-state index is -3.57. The van der Waals surface area contributed by atoms with Gasteiger partial charge in [-0.3, -0.25) is 4.79 Å². The fourth-order valence-corrected chi connectivity index (χ4v) is 6.52. The average Bonchev–Trinajstić information content (AvgIpc) is 3.06. The van der Waals surface area contributed by atoms with Crippen LogP contribution in [0.1, 0.15) is 65.7 Å². The van der Waals surface area contributed by atoms with Crippen molar-refractivity contribution in [1.29, 1.82) is 0 Å². The number of benzene rings is 1. The summed E-state index contributed by atoms with van der Waals surface area (Å²) in [6.07, 6.45) is 1.20. The number of rotatable bonds is 4. The number of hydrogen-bond acceptors (Lipinski definition) is 5. The van der Waals surface area contributed by atoms with Gasteiger partial charge in [-0.2, -0.15) is 4.31 Å². The van der Waals surface area contributed by atoms with E-state index in [1.165, 1.54) is 11.3 Å². The van der Waals surface area contributed by atoms with E-state index >= 15 is 0 Å². The lowest BCUT2D eigenvalue weighted by molar-refractivity contribution is 0.0927. The second-order valence-corrected chi connectivity index (χ2v) is 11.8. The highest BCUT2D eigenvalue weighted by molar-refractivity contribution is 7.89. The first kappa shape index (κ1) is 22.9. The zero-order valence-electron chi connectivity index (χ0n) is 18.6. The van der Waals surface area contributed by atoms with Crippen molar-refractivity contribution in [3.05, 3.63) is 44.9 Å². The number of carbonyl (C=O) groups is 1. The van der Waals surface area contributed by atoms with Crippen molar-refractivity contribution in [2.75, 3.05) is 13.1 Å². The van der Waals surface area contributed by atoms with Gasteiger partial charge in [0.2, 0.25) is 10.0 Å². The van der Waals surface area contributed by atoms with Gasteiger partial charge < -0.3 is 5.32 Å². The Hall–Kier alpha value is -1.77. The largest absolute Gasteiger partial charge is 0.348 e. The molecule has 1 N–H and O–H groups in total. The van der Waals surface area contributed by atoms with Gasteiger partial charge in [0, 0.05) is 19.1 Å². The third-order valence-electron chi connectivity index (χ3n) is 5.67. The van der Waals surface area contributed by atoms with E-state index in [9.17, 15) is 13.2 Å². The van der Waals surface area contributed by atoms with E-state index in [0.717, 1.165) is 22.4 Å². The van der Waals surface area contributed by atoms with Crippen LogP contribution in [0.15, 0.2) is 22.5 Å². The predicted octanol–water partition coefficient (Wildman–Crippen LogP) is 3.95. The Balaban J connectivity index is 1.72. The molecule has 0 radical (unpaired) electrons. The quantitative estimate of drug-likeness (QED) is 0.767. The number of sulfonamides is 1. The molecule has 1 aliphatic rings. The zero-order chi connectivity index (χ0) is 22.3. The molecule has 164 valence electrons. The van der Waals surface area contributed by atoms with Gasteiger partial charge in [-0.15, -0.1) is 11.3 Å². The summed E-state index contributed by atoms with van der Waals surface area (Å²) in [6, 6.07) is 3.95. The molecule has 0 unspecified atom stereocenters. The Labute approximate surface area is 183 Å². The summed E-state index contributed by atoms with van der Waals surface area (Å²) in [5.41, 5.74) is 5.06. The number of hydrogen-bond donors (Lipinski definition) is 1. The Morgan fingerprint density at radius 3 is 2.17 bits per heavy atom. The van der Waals surface area contributed by atoms with E-state index < -0.39 is 10.0 Å². The third-order valence-corrected chi connectivity index (χ3v) is 8.80. The normalized spacial score (nSPS) is 16.6. The Bertz CT molecular complexity index is 1020. The molecular formula is C22H31N3O3S2. The first-order chi connectivity index (χ1) is 13.9. The summed E-state index contributed by atoms with van der Waals surface area (Å²) >= 11 is 1.32. The van der Waals surface area contributed by atoms with Crippen LogP contribution in [0.25, 0.3) is 0 Å². The Morgan fingerprint density at radius 2 is 1.70 bits per heavy atom. The first-order valence-corrected chi connectivity index (χ1v) is 12.6. The second-order valence-electron chi connectivity index (χ2n) is 9.11. The summed E-state index contributed by atoms with van der Waals surface area (Å²) < 4.78 is 28.3. The number of amides is 1. The molecule has 1 aromatic heterocycles. The van der Waals surface area contributed by atoms with E-state index in [4.69, 9.17) is 0 Å². The topological polar surface area (TPSA) is 79.4 Å². The lowest BCUT2D eigenvalue weighted by atomic mass is 9.85. The van der Waals surface area contributed by atoms with Crippen LogP contribution in [-0.4, -0.2) is 42.7 Å². The van der Waals surface area contributed by atoms with Gasteiger partial charge in [0.25, 0.3) is 5.91 Å². The van der Waals surface area contributed by atoms with Crippen LogP contribution in [-0.2, 0) is 15.4 Å². The van der Waals surface area contributed by atoms with Gasteiger partial charge in [0.1, 0.15) is 4.88 Å². The summed E-state index contributed by atoms with van der Waals surface area (Å²) in [6.45, 7) is 12.7. The number of nitrogens with one attached hydrogen (secondary N) is 1. The van der Waals surface area contributed by atoms with Gasteiger partial charge in [0.05, 0.1) is 16.1 Å². The number of aromatic nitrogens is 1. The molecule has 2 heterocycles. The van der Waals surface area contributed by atoms with Gasteiger partial charge in [0.15, 0.2) is 0 Å². The van der Waals surface area contributed by atoms with Crippen molar-refractivity contribution in [3.8, 4) is 0 Å². The van der Waals surface area contributed by atoms with Gasteiger partial charge in [-0.05, 0) is 55.7 Å². The number of carbonyl (C=O) groups excluding carboxylic acids is 1. The highest BCUT2D eigenvalue weighted by Gasteiger charge is 2.33. The van der Waals surface area contributed by atoms with Crippen molar-refractivity contribution in [2.24, 2.45) is 0 Å². The van der Waals surface area contributed by atoms with Crippen LogP contribution in [0.5, 0.6) is 0 Å². The lowest BCUT2D eigenvalue weighted by Crippen LogP contribution is -2.46. The monoisotopic (exact) mass is 449 g/mol. The molecule has 0 saturated carbocycles. The molecule has 1 aliphatic heterocycles. The van der Waals surface area contributed by atoms with Gasteiger partial charge in [-0.25, -0.2) is 13.4 Å². The number of nitrogens with zero attached hydrogens (tertiary/aromatic N) is 2. The molecule has 30 heavy (non-hydrogen) atoms. The van der Waals surface area contributed by atoms with E-state index in [0.29, 0.717) is 35.7 Å². The highest BCUT2D eigenvalue weighted by atomic mass is 32.2. The van der Waals surface area contributed by atoms with E-state index in [1.54, 1.807) is 9.82 Å². The fourth-order valence-electron chi connectivity index (χ4n) is 3.93. The molecule has 0 bridgehead atoms. The average molecular weight is 450 g/mol. The minimum absolute atomic E-state index is 0.0316.